The quantitative estimate of drug-likeness (QED) is 0.708. The lowest BCUT2D eigenvalue weighted by molar-refractivity contribution is -0.130. The Morgan fingerprint density at radius 1 is 1.46 bits per heavy atom. The summed E-state index contributed by atoms with van der Waals surface area (Å²) in [6.07, 6.45) is 5.78. The van der Waals surface area contributed by atoms with Gasteiger partial charge < -0.3 is 9.64 Å². The largest absolute Gasteiger partial charge is 0.376 e. The third-order valence-corrected chi connectivity index (χ3v) is 5.96. The number of pyridine rings is 1. The van der Waals surface area contributed by atoms with Crippen LogP contribution in [0.5, 0.6) is 0 Å². The molecule has 0 aromatic carbocycles. The fourth-order valence-electron chi connectivity index (χ4n) is 2.61. The molecule has 128 valence electrons. The highest BCUT2D eigenvalue weighted by molar-refractivity contribution is 8.01. The van der Waals surface area contributed by atoms with Gasteiger partial charge in [-0.25, -0.2) is 4.98 Å². The number of hydrogen-bond donors (Lipinski definition) is 0. The maximum atomic E-state index is 12.7. The minimum absolute atomic E-state index is 0.125. The fourth-order valence-corrected chi connectivity index (χ4v) is 4.36. The summed E-state index contributed by atoms with van der Waals surface area (Å²) in [6, 6.07) is 3.90. The molecule has 1 unspecified atom stereocenters. The molecule has 0 bridgehead atoms. The summed E-state index contributed by atoms with van der Waals surface area (Å²) in [7, 11) is 0. The Hall–Kier alpha value is -1.44. The zero-order valence-electron chi connectivity index (χ0n) is 13.7. The number of carbonyl (C=O) groups excluding carboxylic acids is 1. The van der Waals surface area contributed by atoms with Crippen molar-refractivity contribution < 1.29 is 9.53 Å². The third-order valence-electron chi connectivity index (χ3n) is 3.84. The van der Waals surface area contributed by atoms with Crippen LogP contribution in [-0.2, 0) is 16.1 Å². The molecule has 1 saturated heterocycles. The number of thiazole rings is 1. The predicted molar refractivity (Wildman–Crippen MR) is 96.2 cm³/mol. The number of amides is 1. The molecular weight excluding hydrogens is 342 g/mol. The van der Waals surface area contributed by atoms with Gasteiger partial charge in [0.05, 0.1) is 11.9 Å². The zero-order chi connectivity index (χ0) is 16.8. The highest BCUT2D eigenvalue weighted by Crippen LogP contribution is 2.23. The van der Waals surface area contributed by atoms with Crippen LogP contribution >= 0.6 is 23.1 Å². The lowest BCUT2D eigenvalue weighted by Gasteiger charge is -2.25. The van der Waals surface area contributed by atoms with E-state index in [0.717, 1.165) is 35.0 Å². The Bertz CT molecular complexity index is 657. The van der Waals surface area contributed by atoms with Gasteiger partial charge in [0, 0.05) is 43.2 Å². The van der Waals surface area contributed by atoms with E-state index < -0.39 is 0 Å². The van der Waals surface area contributed by atoms with Crippen LogP contribution in [0.15, 0.2) is 34.2 Å². The lowest BCUT2D eigenvalue weighted by atomic mass is 10.2. The van der Waals surface area contributed by atoms with Crippen LogP contribution in [0, 0.1) is 6.92 Å². The Kier molecular flexibility index (Phi) is 6.23. The summed E-state index contributed by atoms with van der Waals surface area (Å²) >= 11 is 3.10. The summed E-state index contributed by atoms with van der Waals surface area (Å²) < 4.78 is 6.66. The van der Waals surface area contributed by atoms with Crippen molar-refractivity contribution in [1.29, 1.82) is 0 Å². The standard InChI is InChI=1S/C17H21N3O2S2/c1-13-11-23-17(19-13)24-12-16(21)20(10-15-3-2-8-22-15)9-14-4-6-18-7-5-14/h4-7,11,15H,2-3,8-10,12H2,1H3. The predicted octanol–water partition coefficient (Wildman–Crippen LogP) is 3.15. The summed E-state index contributed by atoms with van der Waals surface area (Å²) in [5.74, 6) is 0.533. The molecule has 0 N–H and O–H groups in total. The van der Waals surface area contributed by atoms with E-state index in [1.807, 2.05) is 29.3 Å². The van der Waals surface area contributed by atoms with Crippen LogP contribution in [0.1, 0.15) is 24.1 Å². The molecule has 3 heterocycles. The summed E-state index contributed by atoms with van der Waals surface area (Å²) in [5.41, 5.74) is 2.09. The van der Waals surface area contributed by atoms with Crippen LogP contribution in [0.4, 0.5) is 0 Å². The van der Waals surface area contributed by atoms with E-state index in [4.69, 9.17) is 4.74 Å². The summed E-state index contributed by atoms with van der Waals surface area (Å²) in [5, 5.41) is 2.01. The molecule has 5 nitrogen and oxygen atoms in total. The fraction of sp³-hybridized carbons (Fsp3) is 0.471. The SMILES string of the molecule is Cc1csc(SCC(=O)N(Cc2ccncc2)CC2CCCO2)n1. The van der Waals surface area contributed by atoms with E-state index in [0.29, 0.717) is 18.8 Å². The number of carbonyl (C=O) groups is 1. The molecule has 1 aliphatic heterocycles. The maximum Gasteiger partial charge on any atom is 0.233 e. The van der Waals surface area contributed by atoms with Crippen LogP contribution in [0.25, 0.3) is 0 Å². The monoisotopic (exact) mass is 363 g/mol. The van der Waals surface area contributed by atoms with Crippen molar-refractivity contribution >= 4 is 29.0 Å². The Morgan fingerprint density at radius 2 is 2.29 bits per heavy atom. The molecule has 24 heavy (non-hydrogen) atoms. The molecule has 0 saturated carbocycles. The van der Waals surface area contributed by atoms with Crippen LogP contribution in [-0.4, -0.2) is 45.8 Å². The molecule has 2 aromatic rings. The number of aromatic nitrogens is 2. The Balaban J connectivity index is 1.61. The molecule has 3 rings (SSSR count). The minimum atomic E-state index is 0.125. The first-order chi connectivity index (χ1) is 11.7. The van der Waals surface area contributed by atoms with Crippen LogP contribution in [0.3, 0.4) is 0 Å². The number of ether oxygens (including phenoxy) is 1. The molecule has 1 atom stereocenters. The van der Waals surface area contributed by atoms with Gasteiger partial charge in [0.15, 0.2) is 4.34 Å². The molecule has 1 aliphatic rings. The van der Waals surface area contributed by atoms with Crippen LogP contribution in [0.2, 0.25) is 0 Å². The van der Waals surface area contributed by atoms with E-state index in [1.54, 1.807) is 23.7 Å². The molecular formula is C17H21N3O2S2. The molecule has 0 aliphatic carbocycles. The average Bonchev–Trinajstić information content (AvgIpc) is 3.24. The second-order valence-electron chi connectivity index (χ2n) is 5.81. The topological polar surface area (TPSA) is 55.3 Å². The van der Waals surface area contributed by atoms with Gasteiger partial charge in [-0.05, 0) is 37.5 Å². The lowest BCUT2D eigenvalue weighted by Crippen LogP contribution is -2.38. The maximum absolute atomic E-state index is 12.7. The Morgan fingerprint density at radius 3 is 2.96 bits per heavy atom. The first-order valence-corrected chi connectivity index (χ1v) is 9.90. The van der Waals surface area contributed by atoms with Crippen molar-refractivity contribution in [3.63, 3.8) is 0 Å². The van der Waals surface area contributed by atoms with Gasteiger partial charge >= 0.3 is 0 Å². The van der Waals surface area contributed by atoms with Gasteiger partial charge in [0.2, 0.25) is 5.91 Å². The number of nitrogens with zero attached hydrogens (tertiary/aromatic N) is 3. The minimum Gasteiger partial charge on any atom is -0.376 e. The highest BCUT2D eigenvalue weighted by Gasteiger charge is 2.23. The molecule has 0 spiro atoms. The molecule has 1 fully saturated rings. The first kappa shape index (κ1) is 17.4. The van der Waals surface area contributed by atoms with Crippen molar-refractivity contribution in [2.75, 3.05) is 18.9 Å². The summed E-state index contributed by atoms with van der Waals surface area (Å²) in [6.45, 7) is 4.02. The second kappa shape index (κ2) is 8.60. The summed E-state index contributed by atoms with van der Waals surface area (Å²) in [4.78, 5) is 23.1. The zero-order valence-corrected chi connectivity index (χ0v) is 15.3. The van der Waals surface area contributed by atoms with Gasteiger partial charge in [0.1, 0.15) is 0 Å². The smallest absolute Gasteiger partial charge is 0.233 e. The third kappa shape index (κ3) is 5.03. The molecule has 1 amide bonds. The number of thioether (sulfide) groups is 1. The van der Waals surface area contributed by atoms with Crippen molar-refractivity contribution in [1.82, 2.24) is 14.9 Å². The highest BCUT2D eigenvalue weighted by atomic mass is 32.2. The van der Waals surface area contributed by atoms with Crippen molar-refractivity contribution in [2.45, 2.75) is 36.8 Å². The van der Waals surface area contributed by atoms with E-state index in [1.165, 1.54) is 11.8 Å². The average molecular weight is 364 g/mol. The second-order valence-corrected chi connectivity index (χ2v) is 7.89. The Labute approximate surface area is 150 Å². The van der Waals surface area contributed by atoms with Crippen molar-refractivity contribution in [3.8, 4) is 0 Å². The number of rotatable bonds is 7. The normalized spacial score (nSPS) is 17.1. The van der Waals surface area contributed by atoms with Gasteiger partial charge in [-0.2, -0.15) is 0 Å². The van der Waals surface area contributed by atoms with Gasteiger partial charge in [-0.3, -0.25) is 9.78 Å². The van der Waals surface area contributed by atoms with Gasteiger partial charge in [-0.1, -0.05) is 11.8 Å². The van der Waals surface area contributed by atoms with Gasteiger partial charge in [0.25, 0.3) is 0 Å². The molecule has 7 heteroatoms. The van der Waals surface area contributed by atoms with Crippen molar-refractivity contribution in [2.24, 2.45) is 0 Å². The number of aryl methyl sites for hydroxylation is 1. The first-order valence-electron chi connectivity index (χ1n) is 8.04. The molecule has 2 aromatic heterocycles. The van der Waals surface area contributed by atoms with E-state index in [9.17, 15) is 4.79 Å². The van der Waals surface area contributed by atoms with E-state index in [2.05, 4.69) is 9.97 Å². The van der Waals surface area contributed by atoms with Crippen LogP contribution < -0.4 is 0 Å². The van der Waals surface area contributed by atoms with E-state index >= 15 is 0 Å². The van der Waals surface area contributed by atoms with Crippen molar-refractivity contribution in [3.05, 3.63) is 41.2 Å². The van der Waals surface area contributed by atoms with E-state index in [-0.39, 0.29) is 12.0 Å². The van der Waals surface area contributed by atoms with Gasteiger partial charge in [-0.15, -0.1) is 11.3 Å². The molecule has 0 radical (unpaired) electrons. The number of hydrogen-bond acceptors (Lipinski definition) is 6.